The smallest absolute Gasteiger partial charge is 0.365 e. The molecule has 0 saturated heterocycles. The molecule has 0 saturated carbocycles. The lowest BCUT2D eigenvalue weighted by Crippen LogP contribution is -2.04. The van der Waals surface area contributed by atoms with Crippen LogP contribution >= 0.6 is 24.0 Å². The van der Waals surface area contributed by atoms with Gasteiger partial charge in [-0.3, -0.25) is 4.99 Å². The van der Waals surface area contributed by atoms with Gasteiger partial charge in [-0.15, -0.1) is 12.4 Å². The summed E-state index contributed by atoms with van der Waals surface area (Å²) in [5, 5.41) is 7.70. The first-order chi connectivity index (χ1) is 3.68. The van der Waals surface area contributed by atoms with E-state index in [4.69, 9.17) is 16.7 Å². The fraction of sp³-hybridized carbons (Fsp3) is 0.500. The molecule has 0 spiro atoms. The van der Waals surface area contributed by atoms with Gasteiger partial charge in [0.25, 0.3) is 0 Å². The molecular formula is C4H7Cl2NO2. The second-order valence-electron chi connectivity index (χ2n) is 1.07. The maximum atomic E-state index is 9.83. The van der Waals surface area contributed by atoms with Crippen LogP contribution in [0.4, 0.5) is 0 Å². The number of carboxylic acid groups (broad SMARTS) is 1. The minimum atomic E-state index is -1.17. The summed E-state index contributed by atoms with van der Waals surface area (Å²) in [4.78, 5) is 13.2. The number of aliphatic carboxylic acids is 1. The molecule has 0 rings (SSSR count). The third kappa shape index (κ3) is 5.59. The Hall–Kier alpha value is -0.280. The number of carbonyl (C=O) groups is 1. The summed E-state index contributed by atoms with van der Waals surface area (Å²) in [6, 6.07) is 0. The van der Waals surface area contributed by atoms with Crippen molar-refractivity contribution < 1.29 is 9.90 Å². The summed E-state index contributed by atoms with van der Waals surface area (Å²) in [6.45, 7) is 2.12. The molecule has 0 aromatic heterocycles. The van der Waals surface area contributed by atoms with Crippen molar-refractivity contribution >= 4 is 35.1 Å². The van der Waals surface area contributed by atoms with Gasteiger partial charge < -0.3 is 5.11 Å². The van der Waals surface area contributed by atoms with Gasteiger partial charge in [-0.25, -0.2) is 4.79 Å². The van der Waals surface area contributed by atoms with Crippen molar-refractivity contribution in [2.45, 2.75) is 6.92 Å². The van der Waals surface area contributed by atoms with E-state index in [1.165, 1.54) is 0 Å². The van der Waals surface area contributed by atoms with Crippen molar-refractivity contribution in [3.63, 3.8) is 0 Å². The molecule has 0 atom stereocenters. The number of aliphatic imine (C=N–C) groups is 1. The summed E-state index contributed by atoms with van der Waals surface area (Å²) in [7, 11) is 0. The van der Waals surface area contributed by atoms with Gasteiger partial charge in [0, 0.05) is 6.54 Å². The average molecular weight is 172 g/mol. The van der Waals surface area contributed by atoms with Crippen LogP contribution in [0.3, 0.4) is 0 Å². The van der Waals surface area contributed by atoms with Crippen molar-refractivity contribution in [2.24, 2.45) is 4.99 Å². The number of halogens is 2. The lowest BCUT2D eigenvalue weighted by atomic mass is 10.7. The highest BCUT2D eigenvalue weighted by Gasteiger charge is 2.00. The van der Waals surface area contributed by atoms with Crippen LogP contribution in [0.5, 0.6) is 0 Å². The van der Waals surface area contributed by atoms with Gasteiger partial charge in [0.2, 0.25) is 5.17 Å². The molecule has 9 heavy (non-hydrogen) atoms. The van der Waals surface area contributed by atoms with Crippen LogP contribution < -0.4 is 0 Å². The van der Waals surface area contributed by atoms with Gasteiger partial charge in [-0.2, -0.15) is 0 Å². The van der Waals surface area contributed by atoms with E-state index in [1.807, 2.05) is 0 Å². The summed E-state index contributed by atoms with van der Waals surface area (Å²) >= 11 is 5.07. The number of rotatable bonds is 2. The minimum absolute atomic E-state index is 0. The van der Waals surface area contributed by atoms with E-state index >= 15 is 0 Å². The topological polar surface area (TPSA) is 49.7 Å². The van der Waals surface area contributed by atoms with Crippen molar-refractivity contribution in [1.29, 1.82) is 0 Å². The van der Waals surface area contributed by atoms with Crippen LogP contribution in [-0.2, 0) is 4.79 Å². The van der Waals surface area contributed by atoms with E-state index in [1.54, 1.807) is 6.92 Å². The standard InChI is InChI=1S/C4H6ClNO2.ClH/c1-2-6-3(5)4(7)8;/h2H2,1H3,(H,7,8);1H. The van der Waals surface area contributed by atoms with Crippen LogP contribution in [0, 0.1) is 0 Å². The lowest BCUT2D eigenvalue weighted by molar-refractivity contribution is -0.129. The second-order valence-corrected chi connectivity index (χ2v) is 1.43. The number of carboxylic acids is 1. The van der Waals surface area contributed by atoms with Crippen molar-refractivity contribution in [2.75, 3.05) is 6.54 Å². The van der Waals surface area contributed by atoms with Gasteiger partial charge in [0.05, 0.1) is 0 Å². The molecule has 5 heteroatoms. The summed E-state index contributed by atoms with van der Waals surface area (Å²) < 4.78 is 0. The molecule has 0 aliphatic rings. The van der Waals surface area contributed by atoms with Gasteiger partial charge in [-0.05, 0) is 6.92 Å². The molecule has 0 bridgehead atoms. The van der Waals surface area contributed by atoms with E-state index in [2.05, 4.69) is 4.99 Å². The molecule has 0 aromatic carbocycles. The highest BCUT2D eigenvalue weighted by molar-refractivity contribution is 6.81. The molecule has 0 aromatic rings. The molecule has 0 aliphatic carbocycles. The Balaban J connectivity index is 0. The second kappa shape index (κ2) is 5.85. The average Bonchev–Trinajstić information content (AvgIpc) is 1.67. The Kier molecular flexibility index (Phi) is 7.48. The number of nitrogens with zero attached hydrogens (tertiary/aromatic N) is 1. The predicted molar refractivity (Wildman–Crippen MR) is 38.7 cm³/mol. The fourth-order valence-corrected chi connectivity index (χ4v) is 0.326. The monoisotopic (exact) mass is 171 g/mol. The van der Waals surface area contributed by atoms with Crippen molar-refractivity contribution in [3.05, 3.63) is 0 Å². The van der Waals surface area contributed by atoms with Gasteiger partial charge in [-0.1, -0.05) is 11.6 Å². The maximum absolute atomic E-state index is 9.83. The van der Waals surface area contributed by atoms with Crippen molar-refractivity contribution in [1.82, 2.24) is 0 Å². The largest absolute Gasteiger partial charge is 0.476 e. The predicted octanol–water partition coefficient (Wildman–Crippen LogP) is 1.15. The third-order valence-electron chi connectivity index (χ3n) is 0.473. The fourth-order valence-electron chi connectivity index (χ4n) is 0.206. The van der Waals surface area contributed by atoms with Crippen LogP contribution in [0.25, 0.3) is 0 Å². The van der Waals surface area contributed by atoms with E-state index in [0.29, 0.717) is 6.54 Å². The quantitative estimate of drug-likeness (QED) is 0.635. The molecule has 0 heterocycles. The molecule has 0 radical (unpaired) electrons. The molecule has 0 unspecified atom stereocenters. The summed E-state index contributed by atoms with van der Waals surface area (Å²) in [6.07, 6.45) is 0. The van der Waals surface area contributed by atoms with Crippen LogP contribution in [0.15, 0.2) is 4.99 Å². The summed E-state index contributed by atoms with van der Waals surface area (Å²) in [5.41, 5.74) is 0. The molecule has 1 N–H and O–H groups in total. The Labute approximate surface area is 64.1 Å². The van der Waals surface area contributed by atoms with E-state index in [-0.39, 0.29) is 17.6 Å². The SMILES string of the molecule is CCN=C(Cl)C(=O)O.Cl. The van der Waals surface area contributed by atoms with Crippen LogP contribution in [0.1, 0.15) is 6.92 Å². The van der Waals surface area contributed by atoms with Gasteiger partial charge >= 0.3 is 5.97 Å². The van der Waals surface area contributed by atoms with E-state index in [0.717, 1.165) is 0 Å². The van der Waals surface area contributed by atoms with E-state index < -0.39 is 5.97 Å². The lowest BCUT2D eigenvalue weighted by Gasteiger charge is -1.84. The Morgan fingerprint density at radius 2 is 2.22 bits per heavy atom. The van der Waals surface area contributed by atoms with Crippen molar-refractivity contribution in [3.8, 4) is 0 Å². The molecule has 0 amide bonds. The highest BCUT2D eigenvalue weighted by atomic mass is 35.5. The first-order valence-electron chi connectivity index (χ1n) is 2.11. The molecule has 54 valence electrons. The Morgan fingerprint density at radius 1 is 1.78 bits per heavy atom. The van der Waals surface area contributed by atoms with Crippen LogP contribution in [0.2, 0.25) is 0 Å². The molecular weight excluding hydrogens is 165 g/mol. The molecule has 0 aliphatic heterocycles. The van der Waals surface area contributed by atoms with E-state index in [9.17, 15) is 4.79 Å². The first-order valence-corrected chi connectivity index (χ1v) is 2.49. The molecule has 3 nitrogen and oxygen atoms in total. The zero-order valence-corrected chi connectivity index (χ0v) is 6.37. The normalized spacial score (nSPS) is 10.2. The third-order valence-corrected chi connectivity index (χ3v) is 0.755. The zero-order valence-electron chi connectivity index (χ0n) is 4.80. The number of hydrogen-bond donors (Lipinski definition) is 1. The van der Waals surface area contributed by atoms with Crippen LogP contribution in [-0.4, -0.2) is 22.8 Å². The van der Waals surface area contributed by atoms with Gasteiger partial charge in [0.1, 0.15) is 0 Å². The first kappa shape index (κ1) is 11.5. The Morgan fingerprint density at radius 3 is 2.33 bits per heavy atom. The highest BCUT2D eigenvalue weighted by Crippen LogP contribution is 1.84. The Bertz CT molecular complexity index is 124. The van der Waals surface area contributed by atoms with Gasteiger partial charge in [0.15, 0.2) is 0 Å². The minimum Gasteiger partial charge on any atom is -0.476 e. The maximum Gasteiger partial charge on any atom is 0.365 e. The molecule has 0 fully saturated rings. The summed E-state index contributed by atoms with van der Waals surface area (Å²) in [5.74, 6) is -1.17. The number of hydrogen-bond acceptors (Lipinski definition) is 2. The zero-order chi connectivity index (χ0) is 6.57.